The molecule has 0 bridgehead atoms. The fourth-order valence-corrected chi connectivity index (χ4v) is 3.35. The van der Waals surface area contributed by atoms with Gasteiger partial charge in [-0.25, -0.2) is 14.4 Å². The topological polar surface area (TPSA) is 134 Å². The molecule has 2 heterocycles. The van der Waals surface area contributed by atoms with Crippen molar-refractivity contribution < 1.29 is 42.5 Å². The molecule has 0 saturated carbocycles. The molecule has 1 fully saturated rings. The molecule has 11 nitrogen and oxygen atoms in total. The Labute approximate surface area is 196 Å². The first kappa shape index (κ1) is 23.9. The van der Waals surface area contributed by atoms with Crippen molar-refractivity contribution in [2.24, 2.45) is 0 Å². The Morgan fingerprint density at radius 3 is 2.58 bits per heavy atom. The van der Waals surface area contributed by atoms with Crippen LogP contribution in [-0.4, -0.2) is 56.7 Å². The van der Waals surface area contributed by atoms with Crippen LogP contribution in [0.4, 0.5) is 4.79 Å². The van der Waals surface area contributed by atoms with Crippen molar-refractivity contribution in [3.05, 3.63) is 51.5 Å². The van der Waals surface area contributed by atoms with Gasteiger partial charge in [-0.05, 0) is 30.3 Å². The first-order chi connectivity index (χ1) is 15.8. The Balaban J connectivity index is 1.87. The van der Waals surface area contributed by atoms with E-state index in [1.807, 2.05) is 0 Å². The number of nitrogens with zero attached hydrogens (tertiary/aromatic N) is 1. The maximum absolute atomic E-state index is 12.9. The van der Waals surface area contributed by atoms with Gasteiger partial charge in [0.05, 0.1) is 27.9 Å². The summed E-state index contributed by atoms with van der Waals surface area (Å²) in [7, 11) is 3.85. The van der Waals surface area contributed by atoms with E-state index in [2.05, 4.69) is 30.7 Å². The van der Waals surface area contributed by atoms with Crippen LogP contribution in [0.5, 0.6) is 11.5 Å². The summed E-state index contributed by atoms with van der Waals surface area (Å²) in [5.41, 5.74) is 0.324. The third kappa shape index (κ3) is 5.34. The summed E-state index contributed by atoms with van der Waals surface area (Å²) < 4.78 is 25.9. The summed E-state index contributed by atoms with van der Waals surface area (Å²) in [6.07, 6.45) is 1.39. The van der Waals surface area contributed by atoms with E-state index in [9.17, 15) is 19.2 Å². The van der Waals surface area contributed by atoms with Crippen LogP contribution in [0.1, 0.15) is 21.9 Å². The number of carbonyl (C=O) groups excluding carboxylic acids is 4. The van der Waals surface area contributed by atoms with Crippen LogP contribution >= 0.6 is 15.9 Å². The van der Waals surface area contributed by atoms with Gasteiger partial charge >= 0.3 is 18.0 Å². The van der Waals surface area contributed by atoms with E-state index < -0.39 is 30.5 Å². The molecule has 0 spiro atoms. The Bertz CT molecular complexity index is 1140. The lowest BCUT2D eigenvalue weighted by atomic mass is 10.1. The molecule has 174 valence electrons. The summed E-state index contributed by atoms with van der Waals surface area (Å²) in [5, 5.41) is 2.49. The molecule has 1 aromatic heterocycles. The molecule has 12 heteroatoms. The maximum Gasteiger partial charge on any atom is 0.373 e. The zero-order valence-corrected chi connectivity index (χ0v) is 19.4. The number of carbonyl (C=O) groups is 4. The van der Waals surface area contributed by atoms with Crippen LogP contribution in [0.15, 0.2) is 38.9 Å². The Kier molecular flexibility index (Phi) is 7.38. The normalized spacial score (nSPS) is 14.3. The highest BCUT2D eigenvalue weighted by atomic mass is 79.9. The number of rotatable bonds is 8. The van der Waals surface area contributed by atoms with Gasteiger partial charge in [0.25, 0.3) is 5.91 Å². The first-order valence-corrected chi connectivity index (χ1v) is 10.1. The van der Waals surface area contributed by atoms with Gasteiger partial charge in [-0.15, -0.1) is 0 Å². The molecular weight excluding hydrogens is 504 g/mol. The standard InChI is InChI=1S/C21H19BrN2O9/c1-29-16-8-12(22)6-11(18(16)32-10-17(25)30-2)7-14-19(26)24(21(28)23-14)9-13-4-5-15(33-13)20(27)31-3/h4-8H,9-10H2,1-3H3,(H,23,28)/b14-7+. The van der Waals surface area contributed by atoms with Crippen LogP contribution < -0.4 is 14.8 Å². The molecule has 1 aromatic carbocycles. The average Bonchev–Trinajstić information content (AvgIpc) is 3.37. The lowest BCUT2D eigenvalue weighted by molar-refractivity contribution is -0.143. The minimum Gasteiger partial charge on any atom is -0.493 e. The van der Waals surface area contributed by atoms with Gasteiger partial charge < -0.3 is 28.7 Å². The number of urea groups is 1. The summed E-state index contributed by atoms with van der Waals surface area (Å²) in [4.78, 5) is 49.2. The largest absolute Gasteiger partial charge is 0.493 e. The zero-order valence-electron chi connectivity index (χ0n) is 17.8. The van der Waals surface area contributed by atoms with Gasteiger partial charge in [0.1, 0.15) is 11.5 Å². The van der Waals surface area contributed by atoms with E-state index >= 15 is 0 Å². The molecule has 3 amide bonds. The molecule has 1 N–H and O–H groups in total. The second kappa shape index (κ2) is 10.2. The van der Waals surface area contributed by atoms with E-state index in [-0.39, 0.29) is 29.5 Å². The van der Waals surface area contributed by atoms with Crippen LogP contribution in [0.2, 0.25) is 0 Å². The molecule has 3 rings (SSSR count). The summed E-state index contributed by atoms with van der Waals surface area (Å²) in [6.45, 7) is -0.593. The lowest BCUT2D eigenvalue weighted by Gasteiger charge is -2.14. The van der Waals surface area contributed by atoms with E-state index in [0.717, 1.165) is 4.90 Å². The molecule has 1 aliphatic heterocycles. The lowest BCUT2D eigenvalue weighted by Crippen LogP contribution is -2.30. The van der Waals surface area contributed by atoms with Gasteiger partial charge in [-0.1, -0.05) is 15.9 Å². The summed E-state index contributed by atoms with van der Waals surface area (Å²) in [5.74, 6) is -1.29. The molecular formula is C21H19BrN2O9. The third-order valence-corrected chi connectivity index (χ3v) is 4.91. The molecule has 0 aliphatic carbocycles. The number of hydrogen-bond donors (Lipinski definition) is 1. The van der Waals surface area contributed by atoms with E-state index in [0.29, 0.717) is 15.8 Å². The number of methoxy groups -OCH3 is 3. The fourth-order valence-electron chi connectivity index (χ4n) is 2.89. The highest BCUT2D eigenvalue weighted by Crippen LogP contribution is 2.36. The second-order valence-electron chi connectivity index (χ2n) is 6.53. The van der Waals surface area contributed by atoms with E-state index in [1.165, 1.54) is 39.5 Å². The van der Waals surface area contributed by atoms with Gasteiger partial charge in [-0.3, -0.25) is 9.69 Å². The van der Waals surface area contributed by atoms with E-state index in [4.69, 9.17) is 13.9 Å². The molecule has 1 aliphatic rings. The molecule has 2 aromatic rings. The smallest absolute Gasteiger partial charge is 0.373 e. The van der Waals surface area contributed by atoms with Crippen molar-refractivity contribution >= 4 is 45.9 Å². The zero-order chi connectivity index (χ0) is 24.1. The van der Waals surface area contributed by atoms with Crippen LogP contribution in [0.25, 0.3) is 6.08 Å². The van der Waals surface area contributed by atoms with Crippen molar-refractivity contribution in [2.75, 3.05) is 27.9 Å². The number of amides is 3. The van der Waals surface area contributed by atoms with Crippen molar-refractivity contribution in [2.45, 2.75) is 6.54 Å². The summed E-state index contributed by atoms with van der Waals surface area (Å²) >= 11 is 3.34. The predicted molar refractivity (Wildman–Crippen MR) is 115 cm³/mol. The third-order valence-electron chi connectivity index (χ3n) is 4.45. The predicted octanol–water partition coefficient (Wildman–Crippen LogP) is 2.48. The number of hydrogen-bond acceptors (Lipinski definition) is 9. The van der Waals surface area contributed by atoms with Crippen molar-refractivity contribution in [3.63, 3.8) is 0 Å². The maximum atomic E-state index is 12.9. The fraction of sp³-hybridized carbons (Fsp3) is 0.238. The minimum atomic E-state index is -0.679. The molecule has 1 saturated heterocycles. The average molecular weight is 523 g/mol. The van der Waals surface area contributed by atoms with Crippen molar-refractivity contribution in [1.29, 1.82) is 0 Å². The summed E-state index contributed by atoms with van der Waals surface area (Å²) in [6, 6.07) is 5.41. The first-order valence-electron chi connectivity index (χ1n) is 9.36. The number of ether oxygens (including phenoxy) is 4. The highest BCUT2D eigenvalue weighted by molar-refractivity contribution is 9.10. The number of esters is 2. The number of halogens is 1. The monoisotopic (exact) mass is 522 g/mol. The van der Waals surface area contributed by atoms with Crippen LogP contribution in [0.3, 0.4) is 0 Å². The van der Waals surface area contributed by atoms with Gasteiger partial charge in [-0.2, -0.15) is 0 Å². The second-order valence-corrected chi connectivity index (χ2v) is 7.44. The van der Waals surface area contributed by atoms with Crippen LogP contribution in [0, 0.1) is 0 Å². The van der Waals surface area contributed by atoms with Crippen molar-refractivity contribution in [1.82, 2.24) is 10.2 Å². The SMILES string of the molecule is COC(=O)COc1c(/C=C2/NC(=O)N(Cc3ccc(C(=O)OC)o3)C2=O)cc(Br)cc1OC. The number of imide groups is 1. The van der Waals surface area contributed by atoms with Gasteiger partial charge in [0.2, 0.25) is 5.76 Å². The van der Waals surface area contributed by atoms with E-state index in [1.54, 1.807) is 12.1 Å². The number of benzene rings is 1. The Morgan fingerprint density at radius 1 is 1.15 bits per heavy atom. The number of nitrogens with one attached hydrogen (secondary N) is 1. The van der Waals surface area contributed by atoms with Gasteiger partial charge in [0.15, 0.2) is 18.1 Å². The molecule has 33 heavy (non-hydrogen) atoms. The molecule has 0 atom stereocenters. The van der Waals surface area contributed by atoms with Crippen LogP contribution in [-0.2, 0) is 25.6 Å². The molecule has 0 radical (unpaired) electrons. The molecule has 0 unspecified atom stereocenters. The Morgan fingerprint density at radius 2 is 1.91 bits per heavy atom. The van der Waals surface area contributed by atoms with Gasteiger partial charge in [0, 0.05) is 10.0 Å². The van der Waals surface area contributed by atoms with Crippen molar-refractivity contribution in [3.8, 4) is 11.5 Å². The number of furan rings is 1. The quantitative estimate of drug-likeness (QED) is 0.315. The Hall–Kier alpha value is -3.80. The minimum absolute atomic E-state index is 0.0391. The highest BCUT2D eigenvalue weighted by Gasteiger charge is 2.35.